The molecule has 0 aromatic rings. The van der Waals surface area contributed by atoms with E-state index in [0.29, 0.717) is 0 Å². The molecule has 0 aromatic heterocycles. The Labute approximate surface area is 63.7 Å². The van der Waals surface area contributed by atoms with Crippen molar-refractivity contribution in [3.8, 4) is 0 Å². The average Bonchev–Trinajstić information content (AvgIpc) is 1.87. The third-order valence-corrected chi connectivity index (χ3v) is 1.81. The maximum atomic E-state index is 12.4. The Bertz CT molecular complexity index is 185. The van der Waals surface area contributed by atoms with Gasteiger partial charge in [0.25, 0.3) is 0 Å². The highest BCUT2D eigenvalue weighted by Gasteiger charge is 1.89. The van der Waals surface area contributed by atoms with Crippen LogP contribution in [0.5, 0.6) is 0 Å². The van der Waals surface area contributed by atoms with E-state index in [-0.39, 0.29) is 5.83 Å². The number of rotatable bonds is 2. The topological polar surface area (TPSA) is 0 Å². The quantitative estimate of drug-likeness (QED) is 0.427. The van der Waals surface area contributed by atoms with Crippen LogP contribution >= 0.6 is 9.24 Å². The van der Waals surface area contributed by atoms with Gasteiger partial charge in [0.1, 0.15) is 5.83 Å². The molecule has 0 nitrogen and oxygen atoms in total. The van der Waals surface area contributed by atoms with Gasteiger partial charge in [-0.05, 0) is 31.3 Å². The Kier molecular flexibility index (Phi) is 4.22. The minimum absolute atomic E-state index is 0.300. The molecule has 0 amide bonds. The Morgan fingerprint density at radius 3 is 2.30 bits per heavy atom. The smallest absolute Gasteiger partial charge is 0.123 e. The van der Waals surface area contributed by atoms with E-state index in [1.54, 1.807) is 0 Å². The molecule has 0 aliphatic carbocycles. The molecular weight excluding hydrogens is 146 g/mol. The van der Waals surface area contributed by atoms with Crippen molar-refractivity contribution in [3.05, 3.63) is 35.4 Å². The summed E-state index contributed by atoms with van der Waals surface area (Å²) in [4.78, 5) is 0. The van der Waals surface area contributed by atoms with Crippen molar-refractivity contribution in [2.45, 2.75) is 13.8 Å². The molecule has 1 atom stereocenters. The minimum atomic E-state index is -0.300. The second-order valence-electron chi connectivity index (χ2n) is 2.19. The Balaban J connectivity index is 4.42. The van der Waals surface area contributed by atoms with E-state index >= 15 is 0 Å². The summed E-state index contributed by atoms with van der Waals surface area (Å²) in [5.41, 5.74) is 1.09. The summed E-state index contributed by atoms with van der Waals surface area (Å²) in [5.74, 6) is -0.300. The van der Waals surface area contributed by atoms with E-state index in [1.165, 1.54) is 12.2 Å². The molecule has 0 bridgehead atoms. The Morgan fingerprint density at radius 1 is 1.50 bits per heavy atom. The molecule has 0 aliphatic heterocycles. The molecule has 0 fully saturated rings. The lowest BCUT2D eigenvalue weighted by molar-refractivity contribution is 0.667. The highest BCUT2D eigenvalue weighted by atomic mass is 31.0. The van der Waals surface area contributed by atoms with Gasteiger partial charge < -0.3 is 0 Å². The van der Waals surface area contributed by atoms with Crippen molar-refractivity contribution < 1.29 is 4.39 Å². The fourth-order valence-electron chi connectivity index (χ4n) is 0.352. The van der Waals surface area contributed by atoms with Gasteiger partial charge in [-0.2, -0.15) is 0 Å². The SMILES string of the molecule is C=C/C(F)=C\C(P)=C(C)C. The van der Waals surface area contributed by atoms with Crippen molar-refractivity contribution in [2.75, 3.05) is 0 Å². The summed E-state index contributed by atoms with van der Waals surface area (Å²) >= 11 is 0. The monoisotopic (exact) mass is 158 g/mol. The summed E-state index contributed by atoms with van der Waals surface area (Å²) in [5, 5.41) is 0.873. The zero-order valence-electron chi connectivity index (χ0n) is 6.32. The first-order chi connectivity index (χ1) is 4.57. The van der Waals surface area contributed by atoms with Gasteiger partial charge in [-0.3, -0.25) is 0 Å². The van der Waals surface area contributed by atoms with E-state index in [4.69, 9.17) is 0 Å². The molecule has 0 N–H and O–H groups in total. The maximum absolute atomic E-state index is 12.4. The Hall–Kier alpha value is -0.420. The van der Waals surface area contributed by atoms with Gasteiger partial charge in [0.05, 0.1) is 0 Å². The molecule has 0 saturated carbocycles. The van der Waals surface area contributed by atoms with Gasteiger partial charge in [0, 0.05) is 0 Å². The number of halogens is 1. The molecular formula is C8H12FP. The predicted octanol–water partition coefficient (Wildman–Crippen LogP) is 3.19. The predicted molar refractivity (Wildman–Crippen MR) is 47.5 cm³/mol. The van der Waals surface area contributed by atoms with Crippen molar-refractivity contribution >= 4 is 9.24 Å². The second kappa shape index (κ2) is 4.40. The van der Waals surface area contributed by atoms with Gasteiger partial charge in [-0.1, -0.05) is 12.2 Å². The molecule has 0 aliphatic rings. The standard InChI is InChI=1S/C8H12FP/c1-4-7(9)5-8(10)6(2)3/h4-5H,1,10H2,2-3H3/b7-5+. The zero-order chi connectivity index (χ0) is 8.15. The maximum Gasteiger partial charge on any atom is 0.123 e. The molecule has 0 radical (unpaired) electrons. The summed E-state index contributed by atoms with van der Waals surface area (Å²) in [6, 6.07) is 0. The lowest BCUT2D eigenvalue weighted by Crippen LogP contribution is -1.70. The number of hydrogen-bond donors (Lipinski definition) is 0. The highest BCUT2D eigenvalue weighted by molar-refractivity contribution is 7.23. The molecule has 0 saturated heterocycles. The molecule has 0 aromatic carbocycles. The molecule has 1 unspecified atom stereocenters. The van der Waals surface area contributed by atoms with Crippen molar-refractivity contribution in [1.29, 1.82) is 0 Å². The summed E-state index contributed by atoms with van der Waals surface area (Å²) in [7, 11) is 2.46. The minimum Gasteiger partial charge on any atom is -0.207 e. The largest absolute Gasteiger partial charge is 0.207 e. The molecule has 2 heteroatoms. The van der Waals surface area contributed by atoms with Crippen LogP contribution in [0.25, 0.3) is 0 Å². The van der Waals surface area contributed by atoms with Crippen LogP contribution < -0.4 is 0 Å². The van der Waals surface area contributed by atoms with E-state index in [2.05, 4.69) is 15.8 Å². The number of allylic oxidation sites excluding steroid dienone is 5. The van der Waals surface area contributed by atoms with Crippen molar-refractivity contribution in [1.82, 2.24) is 0 Å². The van der Waals surface area contributed by atoms with Crippen LogP contribution in [-0.2, 0) is 0 Å². The van der Waals surface area contributed by atoms with Gasteiger partial charge in [0.2, 0.25) is 0 Å². The fraction of sp³-hybridized carbons (Fsp3) is 0.250. The third kappa shape index (κ3) is 3.58. The molecule has 10 heavy (non-hydrogen) atoms. The average molecular weight is 158 g/mol. The molecule has 0 rings (SSSR count). The lowest BCUT2D eigenvalue weighted by Gasteiger charge is -1.94. The third-order valence-electron chi connectivity index (χ3n) is 1.07. The van der Waals surface area contributed by atoms with Crippen LogP contribution in [-0.4, -0.2) is 0 Å². The van der Waals surface area contributed by atoms with E-state index in [9.17, 15) is 4.39 Å². The second-order valence-corrected chi connectivity index (χ2v) is 2.81. The van der Waals surface area contributed by atoms with E-state index < -0.39 is 0 Å². The van der Waals surface area contributed by atoms with Crippen LogP contribution in [0.1, 0.15) is 13.8 Å². The summed E-state index contributed by atoms with van der Waals surface area (Å²) in [6.45, 7) is 7.15. The van der Waals surface area contributed by atoms with Crippen molar-refractivity contribution in [3.63, 3.8) is 0 Å². The summed E-state index contributed by atoms with van der Waals surface area (Å²) in [6.07, 6.45) is 2.62. The molecule has 0 spiro atoms. The lowest BCUT2D eigenvalue weighted by atomic mass is 10.3. The van der Waals surface area contributed by atoms with Gasteiger partial charge in [0.15, 0.2) is 0 Å². The van der Waals surface area contributed by atoms with Gasteiger partial charge in [-0.15, -0.1) is 9.24 Å². The first-order valence-corrected chi connectivity index (χ1v) is 3.58. The van der Waals surface area contributed by atoms with Crippen molar-refractivity contribution in [2.24, 2.45) is 0 Å². The number of hydrogen-bond acceptors (Lipinski definition) is 0. The zero-order valence-corrected chi connectivity index (χ0v) is 7.47. The highest BCUT2D eigenvalue weighted by Crippen LogP contribution is 2.15. The Morgan fingerprint density at radius 2 is 2.00 bits per heavy atom. The van der Waals surface area contributed by atoms with Gasteiger partial charge >= 0.3 is 0 Å². The van der Waals surface area contributed by atoms with Crippen LogP contribution in [0, 0.1) is 0 Å². The van der Waals surface area contributed by atoms with Gasteiger partial charge in [-0.25, -0.2) is 4.39 Å². The molecule has 0 heterocycles. The van der Waals surface area contributed by atoms with Crippen LogP contribution in [0.15, 0.2) is 35.4 Å². The fourth-order valence-corrected chi connectivity index (χ4v) is 0.511. The molecule has 56 valence electrons. The first-order valence-electron chi connectivity index (χ1n) is 3.00. The first kappa shape index (κ1) is 9.58. The van der Waals surface area contributed by atoms with Crippen LogP contribution in [0.2, 0.25) is 0 Å². The normalized spacial score (nSPS) is 11.0. The summed E-state index contributed by atoms with van der Waals surface area (Å²) < 4.78 is 12.4. The van der Waals surface area contributed by atoms with E-state index in [1.807, 2.05) is 13.8 Å². The van der Waals surface area contributed by atoms with E-state index in [0.717, 1.165) is 10.9 Å². The van der Waals surface area contributed by atoms with Crippen LogP contribution in [0.3, 0.4) is 0 Å². The van der Waals surface area contributed by atoms with Crippen LogP contribution in [0.4, 0.5) is 4.39 Å².